The third-order valence-corrected chi connectivity index (χ3v) is 8.81. The van der Waals surface area contributed by atoms with Crippen molar-refractivity contribution in [3.05, 3.63) is 45.6 Å². The Balaban J connectivity index is 1.49. The van der Waals surface area contributed by atoms with Crippen molar-refractivity contribution in [1.29, 1.82) is 0 Å². The van der Waals surface area contributed by atoms with Crippen LogP contribution in [-0.2, 0) is 27.8 Å². The number of sulfonamides is 1. The number of nitrogens with one attached hydrogen (secondary N) is 3. The van der Waals surface area contributed by atoms with Gasteiger partial charge in [-0.05, 0) is 60.5 Å². The first-order valence-corrected chi connectivity index (χ1v) is 13.1. The number of fused-ring (bicyclic) bond motifs is 1. The van der Waals surface area contributed by atoms with Gasteiger partial charge in [0.2, 0.25) is 15.9 Å². The maximum atomic E-state index is 13.4. The highest BCUT2D eigenvalue weighted by atomic mass is 32.2. The Bertz CT molecular complexity index is 1110. The summed E-state index contributed by atoms with van der Waals surface area (Å²) in [6.45, 7) is 3.41. The molecule has 10 heteroatoms. The van der Waals surface area contributed by atoms with Gasteiger partial charge in [-0.25, -0.2) is 8.42 Å². The van der Waals surface area contributed by atoms with Gasteiger partial charge in [0.1, 0.15) is 9.77 Å². The van der Waals surface area contributed by atoms with E-state index in [9.17, 15) is 18.0 Å². The third kappa shape index (κ3) is 5.03. The molecule has 0 unspecified atom stereocenters. The van der Waals surface area contributed by atoms with E-state index in [1.54, 1.807) is 5.38 Å². The molecule has 1 aromatic carbocycles. The first-order chi connectivity index (χ1) is 15.3. The number of piperidine rings is 1. The number of amides is 2. The quantitative estimate of drug-likeness (QED) is 0.593. The van der Waals surface area contributed by atoms with Gasteiger partial charge in [0, 0.05) is 38.3 Å². The summed E-state index contributed by atoms with van der Waals surface area (Å²) in [5.41, 5.74) is 2.56. The van der Waals surface area contributed by atoms with E-state index < -0.39 is 10.0 Å². The molecule has 2 aliphatic heterocycles. The van der Waals surface area contributed by atoms with Crippen molar-refractivity contribution < 1.29 is 18.0 Å². The van der Waals surface area contributed by atoms with Crippen molar-refractivity contribution >= 4 is 38.9 Å². The van der Waals surface area contributed by atoms with Gasteiger partial charge in [-0.15, -0.1) is 11.3 Å². The molecule has 172 valence electrons. The predicted octanol–water partition coefficient (Wildman–Crippen LogP) is 2.33. The highest BCUT2D eigenvalue weighted by molar-refractivity contribution is 7.89. The Kier molecular flexibility index (Phi) is 6.94. The molecule has 2 amide bonds. The highest BCUT2D eigenvalue weighted by Crippen LogP contribution is 2.30. The zero-order chi connectivity index (χ0) is 22.7. The van der Waals surface area contributed by atoms with E-state index in [4.69, 9.17) is 0 Å². The minimum absolute atomic E-state index is 0.0538. The number of nitrogens with zero attached hydrogens (tertiary/aromatic N) is 1. The van der Waals surface area contributed by atoms with Crippen molar-refractivity contribution in [2.45, 2.75) is 50.1 Å². The van der Waals surface area contributed by atoms with Crippen molar-refractivity contribution in [2.75, 3.05) is 25.0 Å². The summed E-state index contributed by atoms with van der Waals surface area (Å²) in [5.74, 6) is -0.529. The van der Waals surface area contributed by atoms with Crippen LogP contribution in [0.5, 0.6) is 0 Å². The third-order valence-electron chi connectivity index (χ3n) is 5.88. The average molecular weight is 477 g/mol. The molecular weight excluding hydrogens is 448 g/mol. The fraction of sp³-hybridized carbons (Fsp3) is 0.455. The number of benzene rings is 1. The summed E-state index contributed by atoms with van der Waals surface area (Å²) in [4.78, 5) is 24.4. The van der Waals surface area contributed by atoms with Gasteiger partial charge in [-0.2, -0.15) is 4.31 Å². The lowest BCUT2D eigenvalue weighted by Gasteiger charge is -2.28. The number of thiophene rings is 1. The lowest BCUT2D eigenvalue weighted by molar-refractivity contribution is -0.114. The van der Waals surface area contributed by atoms with E-state index in [-0.39, 0.29) is 34.2 Å². The molecular formula is C22H28N4O4S2. The lowest BCUT2D eigenvalue weighted by atomic mass is 10.0. The molecule has 0 radical (unpaired) electrons. The minimum Gasteiger partial charge on any atom is -0.350 e. The molecule has 3 N–H and O–H groups in total. The molecule has 0 bridgehead atoms. The molecule has 2 aliphatic rings. The molecule has 3 heterocycles. The number of anilines is 1. The summed E-state index contributed by atoms with van der Waals surface area (Å²) in [6, 6.07) is 7.30. The smallest absolute Gasteiger partial charge is 0.262 e. The maximum absolute atomic E-state index is 13.4. The van der Waals surface area contributed by atoms with Gasteiger partial charge in [0.25, 0.3) is 5.91 Å². The second-order valence-corrected chi connectivity index (χ2v) is 11.0. The van der Waals surface area contributed by atoms with Crippen LogP contribution in [0.1, 0.15) is 47.0 Å². The standard InChI is InChI=1S/C22H28N4O4S2/c1-15(27)25-18-6-5-16-7-10-26(14-17(16)12-18)32(29,30)20-8-11-31-21(20)22(28)24-13-19-4-2-3-9-23-19/h5-6,8,11-12,19,23H,2-4,7,9-10,13-14H2,1H3,(H,24,28)(H,25,27)/t19-/m1/s1. The predicted molar refractivity (Wildman–Crippen MR) is 124 cm³/mol. The number of hydrogen-bond donors (Lipinski definition) is 3. The lowest BCUT2D eigenvalue weighted by Crippen LogP contribution is -2.43. The second-order valence-electron chi connectivity index (χ2n) is 8.22. The summed E-state index contributed by atoms with van der Waals surface area (Å²) in [7, 11) is -3.84. The maximum Gasteiger partial charge on any atom is 0.262 e. The number of carbonyl (C=O) groups excluding carboxylic acids is 2. The van der Waals surface area contributed by atoms with E-state index in [1.807, 2.05) is 18.2 Å². The van der Waals surface area contributed by atoms with Crippen molar-refractivity contribution in [2.24, 2.45) is 0 Å². The SMILES string of the molecule is CC(=O)Nc1ccc2c(c1)CN(S(=O)(=O)c1ccsc1C(=O)NC[C@H]1CCCCN1)CC2. The van der Waals surface area contributed by atoms with Gasteiger partial charge >= 0.3 is 0 Å². The van der Waals surface area contributed by atoms with Crippen LogP contribution in [0.3, 0.4) is 0 Å². The van der Waals surface area contributed by atoms with Crippen LogP contribution >= 0.6 is 11.3 Å². The minimum atomic E-state index is -3.84. The average Bonchev–Trinajstić information content (AvgIpc) is 3.28. The summed E-state index contributed by atoms with van der Waals surface area (Å²) in [6.07, 6.45) is 3.85. The summed E-state index contributed by atoms with van der Waals surface area (Å²) in [5, 5.41) is 10.7. The van der Waals surface area contributed by atoms with Crippen molar-refractivity contribution in [1.82, 2.24) is 14.9 Å². The molecule has 8 nitrogen and oxygen atoms in total. The molecule has 0 aliphatic carbocycles. The van der Waals surface area contributed by atoms with E-state index in [0.717, 1.165) is 48.3 Å². The monoisotopic (exact) mass is 476 g/mol. The largest absolute Gasteiger partial charge is 0.350 e. The van der Waals surface area contributed by atoms with Crippen LogP contribution in [0.15, 0.2) is 34.5 Å². The second kappa shape index (κ2) is 9.70. The van der Waals surface area contributed by atoms with Crippen molar-refractivity contribution in [3.63, 3.8) is 0 Å². The first-order valence-electron chi connectivity index (χ1n) is 10.8. The summed E-state index contributed by atoms with van der Waals surface area (Å²) >= 11 is 1.14. The van der Waals surface area contributed by atoms with Crippen LogP contribution in [0.25, 0.3) is 0 Å². The van der Waals surface area contributed by atoms with E-state index in [2.05, 4.69) is 16.0 Å². The van der Waals surface area contributed by atoms with Crippen LogP contribution < -0.4 is 16.0 Å². The number of carbonyl (C=O) groups is 2. The van der Waals surface area contributed by atoms with Crippen LogP contribution in [-0.4, -0.2) is 50.2 Å². The Hall–Kier alpha value is -2.27. The Morgan fingerprint density at radius 3 is 2.81 bits per heavy atom. The van der Waals surface area contributed by atoms with E-state index in [1.165, 1.54) is 17.3 Å². The summed E-state index contributed by atoms with van der Waals surface area (Å²) < 4.78 is 28.3. The fourth-order valence-corrected chi connectivity index (χ4v) is 6.95. The molecule has 1 aromatic heterocycles. The Labute approximate surface area is 192 Å². The first kappa shape index (κ1) is 22.9. The Morgan fingerprint density at radius 1 is 1.22 bits per heavy atom. The van der Waals surface area contributed by atoms with Gasteiger partial charge in [-0.3, -0.25) is 9.59 Å². The van der Waals surface area contributed by atoms with Crippen LogP contribution in [0.4, 0.5) is 5.69 Å². The van der Waals surface area contributed by atoms with E-state index >= 15 is 0 Å². The zero-order valence-electron chi connectivity index (χ0n) is 18.0. The van der Waals surface area contributed by atoms with Gasteiger partial charge < -0.3 is 16.0 Å². The van der Waals surface area contributed by atoms with Crippen LogP contribution in [0, 0.1) is 0 Å². The number of rotatable bonds is 6. The van der Waals surface area contributed by atoms with Gasteiger partial charge in [0.15, 0.2) is 0 Å². The molecule has 1 saturated heterocycles. The molecule has 1 atom stereocenters. The van der Waals surface area contributed by atoms with E-state index in [0.29, 0.717) is 25.2 Å². The molecule has 32 heavy (non-hydrogen) atoms. The fourth-order valence-electron chi connectivity index (χ4n) is 4.22. The molecule has 1 fully saturated rings. The van der Waals surface area contributed by atoms with Crippen molar-refractivity contribution in [3.8, 4) is 0 Å². The zero-order valence-corrected chi connectivity index (χ0v) is 19.7. The highest BCUT2D eigenvalue weighted by Gasteiger charge is 2.32. The van der Waals surface area contributed by atoms with Gasteiger partial charge in [-0.1, -0.05) is 12.5 Å². The van der Waals surface area contributed by atoms with Crippen LogP contribution in [0.2, 0.25) is 0 Å². The molecule has 2 aromatic rings. The number of hydrogen-bond acceptors (Lipinski definition) is 6. The molecule has 4 rings (SSSR count). The topological polar surface area (TPSA) is 108 Å². The van der Waals surface area contributed by atoms with Gasteiger partial charge in [0.05, 0.1) is 0 Å². The molecule has 0 saturated carbocycles. The normalized spacial score (nSPS) is 19.2. The Morgan fingerprint density at radius 2 is 2.06 bits per heavy atom. The molecule has 0 spiro atoms.